The van der Waals surface area contributed by atoms with Crippen LogP contribution in [0.1, 0.15) is 46.0 Å². The Hall–Kier alpha value is -1.92. The molecule has 122 valence electrons. The lowest BCUT2D eigenvalue weighted by Gasteiger charge is -2.34. The van der Waals surface area contributed by atoms with Gasteiger partial charge in [-0.3, -0.25) is 19.3 Å². The molecule has 2 fully saturated rings. The van der Waals surface area contributed by atoms with Gasteiger partial charge in [-0.2, -0.15) is 0 Å². The molecule has 22 heavy (non-hydrogen) atoms. The number of urea groups is 1. The molecule has 0 radical (unpaired) electrons. The van der Waals surface area contributed by atoms with Crippen molar-refractivity contribution in [2.75, 3.05) is 13.1 Å². The number of nitrogens with one attached hydrogen (secondary N) is 1. The number of imide groups is 2. The van der Waals surface area contributed by atoms with Gasteiger partial charge in [-0.25, -0.2) is 9.69 Å². The van der Waals surface area contributed by atoms with Gasteiger partial charge in [0, 0.05) is 12.6 Å². The van der Waals surface area contributed by atoms with Crippen molar-refractivity contribution < 1.29 is 19.2 Å². The van der Waals surface area contributed by atoms with Crippen LogP contribution in [0.25, 0.3) is 0 Å². The number of hydrogen-bond donors (Lipinski definition) is 1. The third kappa shape index (κ3) is 3.13. The smallest absolute Gasteiger partial charge is 0.334 e. The van der Waals surface area contributed by atoms with E-state index in [1.54, 1.807) is 0 Å². The highest BCUT2D eigenvalue weighted by Gasteiger charge is 2.49. The average Bonchev–Trinajstić information content (AvgIpc) is 2.70. The molecule has 1 aliphatic carbocycles. The van der Waals surface area contributed by atoms with E-state index < -0.39 is 23.8 Å². The van der Waals surface area contributed by atoms with Gasteiger partial charge in [0.2, 0.25) is 5.91 Å². The number of rotatable bonds is 5. The highest BCUT2D eigenvalue weighted by Crippen LogP contribution is 2.31. The topological polar surface area (TPSA) is 86.8 Å². The van der Waals surface area contributed by atoms with Crippen LogP contribution in [-0.2, 0) is 14.4 Å². The van der Waals surface area contributed by atoms with Crippen LogP contribution in [0.4, 0.5) is 4.79 Å². The number of nitrogens with zero attached hydrogens (tertiary/aromatic N) is 2. The van der Waals surface area contributed by atoms with Crippen molar-refractivity contribution in [1.29, 1.82) is 0 Å². The summed E-state index contributed by atoms with van der Waals surface area (Å²) in [6.45, 7) is 3.99. The molecule has 1 N–H and O–H groups in total. The Morgan fingerprint density at radius 3 is 2.50 bits per heavy atom. The molecule has 2 aliphatic rings. The van der Waals surface area contributed by atoms with Crippen LogP contribution in [0, 0.1) is 5.92 Å². The van der Waals surface area contributed by atoms with E-state index in [1.165, 1.54) is 0 Å². The van der Waals surface area contributed by atoms with E-state index in [0.717, 1.165) is 41.9 Å². The largest absolute Gasteiger partial charge is 0.355 e. The van der Waals surface area contributed by atoms with Gasteiger partial charge >= 0.3 is 17.8 Å². The predicted octanol–water partition coefficient (Wildman–Crippen LogP) is 0.882. The minimum atomic E-state index is -0.894. The fourth-order valence-corrected chi connectivity index (χ4v) is 3.10. The van der Waals surface area contributed by atoms with Gasteiger partial charge < -0.3 is 5.32 Å². The van der Waals surface area contributed by atoms with E-state index >= 15 is 0 Å². The second kappa shape index (κ2) is 6.89. The zero-order valence-electron chi connectivity index (χ0n) is 13.1. The van der Waals surface area contributed by atoms with E-state index in [9.17, 15) is 19.2 Å². The standard InChI is InChI=1S/C15H23N3O4/c1-3-8-16-12(19)9-17-13(20)14(21)18(15(17)22)11-7-5-4-6-10(11)2/h10-11H,3-9H2,1-2H3,(H,16,19)/t10-,11-/m1/s1. The molecule has 0 unspecified atom stereocenters. The Kier molecular flexibility index (Phi) is 5.15. The van der Waals surface area contributed by atoms with Crippen LogP contribution in [0.15, 0.2) is 0 Å². The van der Waals surface area contributed by atoms with Crippen molar-refractivity contribution >= 4 is 23.8 Å². The lowest BCUT2D eigenvalue weighted by Crippen LogP contribution is -2.47. The zero-order chi connectivity index (χ0) is 16.3. The van der Waals surface area contributed by atoms with Gasteiger partial charge in [0.1, 0.15) is 6.54 Å². The molecule has 2 atom stereocenters. The summed E-state index contributed by atoms with van der Waals surface area (Å²) in [7, 11) is 0. The first-order valence-electron chi connectivity index (χ1n) is 7.93. The quantitative estimate of drug-likeness (QED) is 0.603. The maximum Gasteiger partial charge on any atom is 0.334 e. The molecular weight excluding hydrogens is 286 g/mol. The third-order valence-corrected chi connectivity index (χ3v) is 4.36. The van der Waals surface area contributed by atoms with Gasteiger partial charge in [0.25, 0.3) is 0 Å². The lowest BCUT2D eigenvalue weighted by atomic mass is 9.85. The molecule has 1 heterocycles. The fourth-order valence-electron chi connectivity index (χ4n) is 3.10. The number of hydrogen-bond acceptors (Lipinski definition) is 4. The first kappa shape index (κ1) is 16.5. The zero-order valence-corrected chi connectivity index (χ0v) is 13.1. The first-order chi connectivity index (χ1) is 10.5. The Balaban J connectivity index is 2.08. The van der Waals surface area contributed by atoms with Gasteiger partial charge in [-0.15, -0.1) is 0 Å². The molecule has 2 rings (SSSR count). The maximum absolute atomic E-state index is 12.4. The van der Waals surface area contributed by atoms with E-state index in [1.807, 2.05) is 13.8 Å². The van der Waals surface area contributed by atoms with Crippen molar-refractivity contribution in [2.45, 2.75) is 52.0 Å². The normalized spacial score (nSPS) is 25.8. The molecule has 0 aromatic carbocycles. The fraction of sp³-hybridized carbons (Fsp3) is 0.733. The van der Waals surface area contributed by atoms with Crippen LogP contribution in [0.3, 0.4) is 0 Å². The predicted molar refractivity (Wildman–Crippen MR) is 78.7 cm³/mol. The van der Waals surface area contributed by atoms with Crippen LogP contribution < -0.4 is 5.32 Å². The van der Waals surface area contributed by atoms with Gasteiger partial charge in [0.05, 0.1) is 0 Å². The van der Waals surface area contributed by atoms with Gasteiger partial charge in [0.15, 0.2) is 0 Å². The van der Waals surface area contributed by atoms with Crippen LogP contribution >= 0.6 is 0 Å². The Morgan fingerprint density at radius 1 is 1.18 bits per heavy atom. The van der Waals surface area contributed by atoms with E-state index in [2.05, 4.69) is 5.32 Å². The summed E-state index contributed by atoms with van der Waals surface area (Å²) in [4.78, 5) is 50.1. The molecule has 0 aromatic heterocycles. The van der Waals surface area contributed by atoms with Crippen LogP contribution in [0.2, 0.25) is 0 Å². The van der Waals surface area contributed by atoms with Gasteiger partial charge in [-0.1, -0.05) is 26.7 Å². The van der Waals surface area contributed by atoms with E-state index in [-0.39, 0.29) is 18.5 Å². The molecular formula is C15H23N3O4. The molecule has 0 aromatic rings. The van der Waals surface area contributed by atoms with Crippen molar-refractivity contribution in [3.8, 4) is 0 Å². The van der Waals surface area contributed by atoms with Crippen LogP contribution in [-0.4, -0.2) is 52.7 Å². The number of carbonyl (C=O) groups excluding carboxylic acids is 4. The second-order valence-corrected chi connectivity index (χ2v) is 6.03. The minimum absolute atomic E-state index is 0.184. The number of amides is 5. The molecule has 1 saturated heterocycles. The van der Waals surface area contributed by atoms with Crippen molar-refractivity contribution in [3.05, 3.63) is 0 Å². The molecule has 7 nitrogen and oxygen atoms in total. The summed E-state index contributed by atoms with van der Waals surface area (Å²) < 4.78 is 0. The van der Waals surface area contributed by atoms with Crippen LogP contribution in [0.5, 0.6) is 0 Å². The van der Waals surface area contributed by atoms with Crippen molar-refractivity contribution in [2.24, 2.45) is 5.92 Å². The molecule has 5 amide bonds. The average molecular weight is 309 g/mol. The minimum Gasteiger partial charge on any atom is -0.355 e. The summed E-state index contributed by atoms with van der Waals surface area (Å²) in [5, 5.41) is 2.60. The summed E-state index contributed by atoms with van der Waals surface area (Å²) in [5.74, 6) is -1.93. The SMILES string of the molecule is CCCNC(=O)CN1C(=O)C(=O)N([C@@H]2CCCC[C@H]2C)C1=O. The summed E-state index contributed by atoms with van der Waals surface area (Å²) in [5.41, 5.74) is 0. The third-order valence-electron chi connectivity index (χ3n) is 4.36. The molecule has 1 aliphatic heterocycles. The Bertz CT molecular complexity index is 491. The lowest BCUT2D eigenvalue weighted by molar-refractivity contribution is -0.145. The molecule has 0 spiro atoms. The first-order valence-corrected chi connectivity index (χ1v) is 7.93. The maximum atomic E-state index is 12.4. The van der Waals surface area contributed by atoms with E-state index in [4.69, 9.17) is 0 Å². The highest BCUT2D eigenvalue weighted by molar-refractivity contribution is 6.45. The Labute approximate surface area is 130 Å². The molecule has 1 saturated carbocycles. The molecule has 7 heteroatoms. The summed E-state index contributed by atoms with van der Waals surface area (Å²) in [6.07, 6.45) is 4.44. The summed E-state index contributed by atoms with van der Waals surface area (Å²) in [6, 6.07) is -0.887. The van der Waals surface area contributed by atoms with Crippen molar-refractivity contribution in [3.63, 3.8) is 0 Å². The van der Waals surface area contributed by atoms with E-state index in [0.29, 0.717) is 6.54 Å². The Morgan fingerprint density at radius 2 is 1.86 bits per heavy atom. The second-order valence-electron chi connectivity index (χ2n) is 6.03. The number of carbonyl (C=O) groups is 4. The van der Waals surface area contributed by atoms with Gasteiger partial charge in [-0.05, 0) is 25.2 Å². The van der Waals surface area contributed by atoms with Crippen molar-refractivity contribution in [1.82, 2.24) is 15.1 Å². The molecule has 0 bridgehead atoms. The summed E-state index contributed by atoms with van der Waals surface area (Å²) >= 11 is 0. The monoisotopic (exact) mass is 309 g/mol. The highest BCUT2D eigenvalue weighted by atomic mass is 16.2.